The topological polar surface area (TPSA) is 53.4 Å². The zero-order valence-corrected chi connectivity index (χ0v) is 13.3. The molecule has 0 saturated carbocycles. The van der Waals surface area contributed by atoms with E-state index in [9.17, 15) is 4.79 Å². The molecule has 118 valence electrons. The van der Waals surface area contributed by atoms with Crippen molar-refractivity contribution in [2.24, 2.45) is 0 Å². The summed E-state index contributed by atoms with van der Waals surface area (Å²) in [6.45, 7) is 1.80. The predicted molar refractivity (Wildman–Crippen MR) is 89.6 cm³/mol. The lowest BCUT2D eigenvalue weighted by Gasteiger charge is -2.09. The van der Waals surface area contributed by atoms with Crippen LogP contribution in [0.1, 0.15) is 6.42 Å². The molecule has 0 bridgehead atoms. The van der Waals surface area contributed by atoms with Gasteiger partial charge in [0.15, 0.2) is 6.29 Å². The van der Waals surface area contributed by atoms with Crippen LogP contribution in [0.4, 0.5) is 0 Å². The van der Waals surface area contributed by atoms with Gasteiger partial charge in [-0.25, -0.2) is 4.98 Å². The number of thiophene rings is 1. The minimum Gasteiger partial charge on any atom is -0.350 e. The van der Waals surface area contributed by atoms with Gasteiger partial charge in [0, 0.05) is 17.8 Å². The van der Waals surface area contributed by atoms with Crippen LogP contribution in [0.3, 0.4) is 0 Å². The first-order valence-corrected chi connectivity index (χ1v) is 8.40. The van der Waals surface area contributed by atoms with Crippen LogP contribution in [0.2, 0.25) is 0 Å². The lowest BCUT2D eigenvalue weighted by Crippen LogP contribution is -2.22. The van der Waals surface area contributed by atoms with Crippen molar-refractivity contribution in [3.05, 3.63) is 53.1 Å². The molecule has 2 aromatic heterocycles. The van der Waals surface area contributed by atoms with Crippen LogP contribution in [-0.2, 0) is 16.0 Å². The molecular formula is C17H16N2O3S. The standard InChI is InChI=1S/C17H16N2O3S/c20-17-16-13(10-14(23-16)12-4-2-1-3-5-12)18-11-19(17)7-6-15-21-8-9-22-15/h1-5,10-11,15H,6-9H2. The average molecular weight is 328 g/mol. The van der Waals surface area contributed by atoms with E-state index < -0.39 is 0 Å². The van der Waals surface area contributed by atoms with Gasteiger partial charge in [0.1, 0.15) is 4.70 Å². The Morgan fingerprint density at radius 2 is 2.00 bits per heavy atom. The SMILES string of the molecule is O=c1c2sc(-c3ccccc3)cc2ncn1CCC1OCCO1. The molecule has 4 rings (SSSR count). The van der Waals surface area contributed by atoms with Crippen LogP contribution in [0.25, 0.3) is 20.7 Å². The highest BCUT2D eigenvalue weighted by atomic mass is 32.1. The minimum atomic E-state index is -0.208. The van der Waals surface area contributed by atoms with E-state index in [4.69, 9.17) is 9.47 Å². The number of ether oxygens (including phenoxy) is 2. The maximum atomic E-state index is 12.6. The van der Waals surface area contributed by atoms with E-state index in [2.05, 4.69) is 4.98 Å². The van der Waals surface area contributed by atoms with Crippen LogP contribution in [0.5, 0.6) is 0 Å². The van der Waals surface area contributed by atoms with Gasteiger partial charge in [0.05, 0.1) is 25.1 Å². The van der Waals surface area contributed by atoms with Crippen molar-refractivity contribution in [2.75, 3.05) is 13.2 Å². The second kappa shape index (κ2) is 6.23. The molecule has 23 heavy (non-hydrogen) atoms. The largest absolute Gasteiger partial charge is 0.350 e. The van der Waals surface area contributed by atoms with Crippen LogP contribution in [0.15, 0.2) is 47.5 Å². The van der Waals surface area contributed by atoms with Crippen LogP contribution < -0.4 is 5.56 Å². The summed E-state index contributed by atoms with van der Waals surface area (Å²) < 4.78 is 13.1. The Balaban J connectivity index is 1.63. The summed E-state index contributed by atoms with van der Waals surface area (Å²) in [5.74, 6) is 0. The third-order valence-corrected chi connectivity index (χ3v) is 5.02. The molecule has 0 radical (unpaired) electrons. The molecular weight excluding hydrogens is 312 g/mol. The molecule has 1 fully saturated rings. The zero-order valence-electron chi connectivity index (χ0n) is 12.5. The van der Waals surface area contributed by atoms with Gasteiger partial charge in [-0.15, -0.1) is 11.3 Å². The van der Waals surface area contributed by atoms with Crippen molar-refractivity contribution in [1.82, 2.24) is 9.55 Å². The molecule has 1 aromatic carbocycles. The average Bonchev–Trinajstić information content (AvgIpc) is 3.25. The van der Waals surface area contributed by atoms with Gasteiger partial charge in [-0.05, 0) is 11.6 Å². The highest BCUT2D eigenvalue weighted by molar-refractivity contribution is 7.22. The quantitative estimate of drug-likeness (QED) is 0.739. The zero-order chi connectivity index (χ0) is 15.6. The van der Waals surface area contributed by atoms with Gasteiger partial charge in [-0.3, -0.25) is 9.36 Å². The predicted octanol–water partition coefficient (Wildman–Crippen LogP) is 2.89. The molecule has 0 atom stereocenters. The highest BCUT2D eigenvalue weighted by Gasteiger charge is 2.16. The van der Waals surface area contributed by atoms with Gasteiger partial charge in [-0.2, -0.15) is 0 Å². The molecule has 3 heterocycles. The summed E-state index contributed by atoms with van der Waals surface area (Å²) in [5.41, 5.74) is 1.86. The number of aromatic nitrogens is 2. The van der Waals surface area contributed by atoms with Crippen molar-refractivity contribution in [3.8, 4) is 10.4 Å². The molecule has 1 aliphatic rings. The first-order valence-electron chi connectivity index (χ1n) is 7.59. The Labute approximate surface area is 137 Å². The number of nitrogens with zero attached hydrogens (tertiary/aromatic N) is 2. The van der Waals surface area contributed by atoms with E-state index in [0.29, 0.717) is 30.9 Å². The first-order chi connectivity index (χ1) is 11.3. The maximum absolute atomic E-state index is 12.6. The summed E-state index contributed by atoms with van der Waals surface area (Å²) in [4.78, 5) is 18.1. The van der Waals surface area contributed by atoms with Crippen molar-refractivity contribution in [1.29, 1.82) is 0 Å². The molecule has 0 unspecified atom stereocenters. The van der Waals surface area contributed by atoms with Crippen LogP contribution in [-0.4, -0.2) is 29.1 Å². The highest BCUT2D eigenvalue weighted by Crippen LogP contribution is 2.30. The maximum Gasteiger partial charge on any atom is 0.271 e. The smallest absolute Gasteiger partial charge is 0.271 e. The van der Waals surface area contributed by atoms with Gasteiger partial charge in [0.25, 0.3) is 5.56 Å². The molecule has 3 aromatic rings. The van der Waals surface area contributed by atoms with Gasteiger partial charge < -0.3 is 9.47 Å². The van der Waals surface area contributed by atoms with Crippen LogP contribution in [0, 0.1) is 0 Å². The summed E-state index contributed by atoms with van der Waals surface area (Å²) in [6.07, 6.45) is 2.06. The molecule has 5 nitrogen and oxygen atoms in total. The molecule has 0 aliphatic carbocycles. The Morgan fingerprint density at radius 1 is 1.22 bits per heavy atom. The minimum absolute atomic E-state index is 0.000165. The summed E-state index contributed by atoms with van der Waals surface area (Å²) in [6, 6.07) is 12.0. The molecule has 0 N–H and O–H groups in total. The Hall–Kier alpha value is -2.02. The number of benzene rings is 1. The number of rotatable bonds is 4. The first kappa shape index (κ1) is 14.6. The molecule has 1 saturated heterocycles. The van der Waals surface area contributed by atoms with Gasteiger partial charge in [-0.1, -0.05) is 30.3 Å². The Bertz CT molecular complexity index is 866. The lowest BCUT2D eigenvalue weighted by molar-refractivity contribution is -0.0492. The second-order valence-corrected chi connectivity index (χ2v) is 6.45. The Kier molecular flexibility index (Phi) is 3.95. The van der Waals surface area contributed by atoms with Crippen molar-refractivity contribution in [2.45, 2.75) is 19.3 Å². The fourth-order valence-corrected chi connectivity index (χ4v) is 3.73. The molecule has 0 spiro atoms. The molecule has 1 aliphatic heterocycles. The van der Waals surface area contributed by atoms with E-state index >= 15 is 0 Å². The lowest BCUT2D eigenvalue weighted by atomic mass is 10.2. The summed E-state index contributed by atoms with van der Waals surface area (Å²) >= 11 is 1.49. The van der Waals surface area contributed by atoms with E-state index in [1.54, 1.807) is 10.9 Å². The Morgan fingerprint density at radius 3 is 2.78 bits per heavy atom. The molecule has 6 heteroatoms. The van der Waals surface area contributed by atoms with Crippen LogP contribution >= 0.6 is 11.3 Å². The number of aryl methyl sites for hydroxylation is 1. The second-order valence-electron chi connectivity index (χ2n) is 5.39. The third kappa shape index (κ3) is 2.93. The van der Waals surface area contributed by atoms with E-state index in [1.165, 1.54) is 11.3 Å². The number of hydrogen-bond acceptors (Lipinski definition) is 5. The fraction of sp³-hybridized carbons (Fsp3) is 0.294. The summed E-state index contributed by atoms with van der Waals surface area (Å²) in [7, 11) is 0. The normalized spacial score (nSPS) is 15.5. The van der Waals surface area contributed by atoms with E-state index in [-0.39, 0.29) is 11.8 Å². The monoisotopic (exact) mass is 328 g/mol. The van der Waals surface area contributed by atoms with E-state index in [0.717, 1.165) is 16.0 Å². The number of hydrogen-bond donors (Lipinski definition) is 0. The fourth-order valence-electron chi connectivity index (χ4n) is 2.67. The van der Waals surface area contributed by atoms with E-state index in [1.807, 2.05) is 36.4 Å². The third-order valence-electron chi connectivity index (χ3n) is 3.86. The van der Waals surface area contributed by atoms with Gasteiger partial charge in [0.2, 0.25) is 0 Å². The van der Waals surface area contributed by atoms with Crippen molar-refractivity contribution in [3.63, 3.8) is 0 Å². The number of fused-ring (bicyclic) bond motifs is 1. The van der Waals surface area contributed by atoms with Crippen molar-refractivity contribution < 1.29 is 9.47 Å². The van der Waals surface area contributed by atoms with Crippen molar-refractivity contribution >= 4 is 21.6 Å². The molecule has 0 amide bonds. The summed E-state index contributed by atoms with van der Waals surface area (Å²) in [5, 5.41) is 0. The van der Waals surface area contributed by atoms with Gasteiger partial charge >= 0.3 is 0 Å².